The van der Waals surface area contributed by atoms with Crippen molar-refractivity contribution in [1.29, 1.82) is 5.26 Å². The lowest BCUT2D eigenvalue weighted by molar-refractivity contribution is -0.147. The van der Waals surface area contributed by atoms with Gasteiger partial charge in [0.15, 0.2) is 0 Å². The highest BCUT2D eigenvalue weighted by atomic mass is 32.2. The number of hydrogen-bond donors (Lipinski definition) is 1. The lowest BCUT2D eigenvalue weighted by atomic mass is 10.0. The van der Waals surface area contributed by atoms with E-state index in [9.17, 15) is 24.3 Å². The third kappa shape index (κ3) is 4.52. The molecule has 3 aromatic rings. The van der Waals surface area contributed by atoms with E-state index in [4.69, 9.17) is 0 Å². The van der Waals surface area contributed by atoms with Gasteiger partial charge in [0.2, 0.25) is 5.91 Å². The average Bonchev–Trinajstić information content (AvgIpc) is 3.50. The first-order chi connectivity index (χ1) is 15.5. The van der Waals surface area contributed by atoms with Gasteiger partial charge >= 0.3 is 5.97 Å². The van der Waals surface area contributed by atoms with Crippen LogP contribution in [-0.2, 0) is 9.59 Å². The van der Waals surface area contributed by atoms with Crippen LogP contribution in [0, 0.1) is 17.1 Å². The van der Waals surface area contributed by atoms with Gasteiger partial charge < -0.3 is 10.0 Å². The Morgan fingerprint density at radius 2 is 2.09 bits per heavy atom. The second kappa shape index (κ2) is 9.51. The normalized spacial score (nSPS) is 15.5. The molecule has 32 heavy (non-hydrogen) atoms. The minimum absolute atomic E-state index is 0.0256. The Kier molecular flexibility index (Phi) is 6.53. The number of nitrogens with zero attached hydrogens (tertiary/aromatic N) is 3. The molecule has 0 saturated carbocycles. The molecule has 2 aromatic heterocycles. The van der Waals surface area contributed by atoms with Crippen LogP contribution in [0.2, 0.25) is 0 Å². The maximum atomic E-state index is 13.4. The zero-order valence-electron chi connectivity index (χ0n) is 16.8. The number of pyridine rings is 1. The van der Waals surface area contributed by atoms with Gasteiger partial charge in [0.05, 0.1) is 21.9 Å². The molecule has 0 spiro atoms. The standard InChI is InChI=1S/C23H18FN3O3S2/c24-15-7-5-14(6-8-15)16-11-18(20-4-2-10-31-20)26-22(17(16)12-25)32-13-21(28)27-9-1-3-19(27)23(29)30/h2,4-8,10-11,19H,1,3,9,13H2,(H,29,30)/t19-/m1/s1. The SMILES string of the molecule is N#Cc1c(-c2ccc(F)cc2)cc(-c2cccs2)nc1SCC(=O)N1CCC[C@@H]1C(=O)O. The molecule has 1 atom stereocenters. The monoisotopic (exact) mass is 467 g/mol. The fraction of sp³-hybridized carbons (Fsp3) is 0.217. The quantitative estimate of drug-likeness (QED) is 0.530. The first kappa shape index (κ1) is 22.0. The van der Waals surface area contributed by atoms with Gasteiger partial charge in [0, 0.05) is 12.1 Å². The minimum Gasteiger partial charge on any atom is -0.480 e. The zero-order valence-corrected chi connectivity index (χ0v) is 18.5. The van der Waals surface area contributed by atoms with Crippen molar-refractivity contribution < 1.29 is 19.1 Å². The number of thiophene rings is 1. The second-order valence-electron chi connectivity index (χ2n) is 7.20. The number of benzene rings is 1. The first-order valence-electron chi connectivity index (χ1n) is 9.88. The third-order valence-corrected chi connectivity index (χ3v) is 7.07. The summed E-state index contributed by atoms with van der Waals surface area (Å²) in [7, 11) is 0. The van der Waals surface area contributed by atoms with Crippen LogP contribution in [0.3, 0.4) is 0 Å². The number of carbonyl (C=O) groups is 2. The third-order valence-electron chi connectivity index (χ3n) is 5.22. The van der Waals surface area contributed by atoms with E-state index in [0.29, 0.717) is 46.8 Å². The number of halogens is 1. The fourth-order valence-corrected chi connectivity index (χ4v) is 5.25. The minimum atomic E-state index is -1.00. The number of aliphatic carboxylic acids is 1. The Labute approximate surface area is 192 Å². The molecule has 1 aliphatic rings. The molecule has 1 amide bonds. The van der Waals surface area contributed by atoms with Crippen LogP contribution in [0.4, 0.5) is 4.39 Å². The number of aromatic nitrogens is 1. The van der Waals surface area contributed by atoms with Crippen LogP contribution in [0.25, 0.3) is 21.7 Å². The maximum absolute atomic E-state index is 13.4. The summed E-state index contributed by atoms with van der Waals surface area (Å²) in [5.74, 6) is -1.70. The predicted molar refractivity (Wildman–Crippen MR) is 121 cm³/mol. The highest BCUT2D eigenvalue weighted by Crippen LogP contribution is 2.35. The molecule has 0 aliphatic carbocycles. The Hall–Kier alpha value is -3.22. The Morgan fingerprint density at radius 3 is 2.75 bits per heavy atom. The lowest BCUT2D eigenvalue weighted by Crippen LogP contribution is -2.41. The van der Waals surface area contributed by atoms with Crippen molar-refractivity contribution >= 4 is 35.0 Å². The molecule has 1 aromatic carbocycles. The van der Waals surface area contributed by atoms with Gasteiger partial charge in [-0.1, -0.05) is 30.0 Å². The molecule has 4 rings (SSSR count). The van der Waals surface area contributed by atoms with Crippen molar-refractivity contribution in [2.24, 2.45) is 0 Å². The largest absolute Gasteiger partial charge is 0.480 e. The summed E-state index contributed by atoms with van der Waals surface area (Å²) in [6.45, 7) is 0.408. The molecule has 3 heterocycles. The predicted octanol–water partition coefficient (Wildman–Crippen LogP) is 4.66. The van der Waals surface area contributed by atoms with Gasteiger partial charge in [0.25, 0.3) is 0 Å². The average molecular weight is 468 g/mol. The number of likely N-dealkylation sites (tertiary alicyclic amines) is 1. The summed E-state index contributed by atoms with van der Waals surface area (Å²) < 4.78 is 13.4. The van der Waals surface area contributed by atoms with E-state index in [1.165, 1.54) is 28.4 Å². The molecule has 1 N–H and O–H groups in total. The zero-order chi connectivity index (χ0) is 22.7. The van der Waals surface area contributed by atoms with Crippen molar-refractivity contribution in [2.45, 2.75) is 23.9 Å². The number of nitriles is 1. The van der Waals surface area contributed by atoms with Gasteiger partial charge in [-0.15, -0.1) is 11.3 Å². The molecular formula is C23H18FN3O3S2. The van der Waals surface area contributed by atoms with E-state index in [2.05, 4.69) is 11.1 Å². The second-order valence-corrected chi connectivity index (χ2v) is 9.12. The summed E-state index contributed by atoms with van der Waals surface area (Å²) >= 11 is 2.61. The molecule has 162 valence electrons. The molecule has 9 heteroatoms. The lowest BCUT2D eigenvalue weighted by Gasteiger charge is -2.21. The van der Waals surface area contributed by atoms with Crippen molar-refractivity contribution in [3.05, 3.63) is 59.2 Å². The van der Waals surface area contributed by atoms with Crippen LogP contribution in [0.5, 0.6) is 0 Å². The fourth-order valence-electron chi connectivity index (χ4n) is 3.68. The van der Waals surface area contributed by atoms with Crippen LogP contribution in [0.1, 0.15) is 18.4 Å². The van der Waals surface area contributed by atoms with Crippen LogP contribution < -0.4 is 0 Å². The summed E-state index contributed by atoms with van der Waals surface area (Å²) in [5, 5.41) is 21.5. The Bertz CT molecular complexity index is 1190. The number of thioether (sulfide) groups is 1. The molecule has 0 radical (unpaired) electrons. The summed E-state index contributed by atoms with van der Waals surface area (Å²) in [6, 6.07) is 12.8. The molecule has 1 fully saturated rings. The van der Waals surface area contributed by atoms with E-state index in [1.807, 2.05) is 17.5 Å². The maximum Gasteiger partial charge on any atom is 0.326 e. The first-order valence-corrected chi connectivity index (χ1v) is 11.7. The summed E-state index contributed by atoms with van der Waals surface area (Å²) in [6.07, 6.45) is 1.09. The topological polar surface area (TPSA) is 94.3 Å². The van der Waals surface area contributed by atoms with E-state index >= 15 is 0 Å². The highest BCUT2D eigenvalue weighted by Gasteiger charge is 2.34. The molecule has 0 unspecified atom stereocenters. The Morgan fingerprint density at radius 1 is 1.31 bits per heavy atom. The van der Waals surface area contributed by atoms with Crippen molar-refractivity contribution in [2.75, 3.05) is 12.3 Å². The number of carboxylic acids is 1. The van der Waals surface area contributed by atoms with Gasteiger partial charge in [-0.05, 0) is 48.1 Å². The number of carboxylic acid groups (broad SMARTS) is 1. The number of rotatable bonds is 6. The van der Waals surface area contributed by atoms with Crippen molar-refractivity contribution in [1.82, 2.24) is 9.88 Å². The van der Waals surface area contributed by atoms with Crippen LogP contribution in [-0.4, -0.2) is 45.2 Å². The van der Waals surface area contributed by atoms with Crippen LogP contribution in [0.15, 0.2) is 52.9 Å². The smallest absolute Gasteiger partial charge is 0.326 e. The van der Waals surface area contributed by atoms with E-state index in [1.54, 1.807) is 18.2 Å². The van der Waals surface area contributed by atoms with E-state index in [0.717, 1.165) is 16.6 Å². The van der Waals surface area contributed by atoms with Gasteiger partial charge in [0.1, 0.15) is 23.0 Å². The van der Waals surface area contributed by atoms with Gasteiger partial charge in [-0.2, -0.15) is 5.26 Å². The van der Waals surface area contributed by atoms with E-state index in [-0.39, 0.29) is 17.5 Å². The molecule has 0 bridgehead atoms. The Balaban J connectivity index is 1.69. The van der Waals surface area contributed by atoms with Crippen molar-refractivity contribution in [3.8, 4) is 27.8 Å². The van der Waals surface area contributed by atoms with Crippen molar-refractivity contribution in [3.63, 3.8) is 0 Å². The summed E-state index contributed by atoms with van der Waals surface area (Å²) in [5.41, 5.74) is 2.22. The molecular weight excluding hydrogens is 449 g/mol. The molecule has 1 aliphatic heterocycles. The molecule has 6 nitrogen and oxygen atoms in total. The van der Waals surface area contributed by atoms with Gasteiger partial charge in [-0.3, -0.25) is 4.79 Å². The number of carbonyl (C=O) groups excluding carboxylic acids is 1. The number of amides is 1. The summed E-state index contributed by atoms with van der Waals surface area (Å²) in [4.78, 5) is 31.1. The van der Waals surface area contributed by atoms with E-state index < -0.39 is 12.0 Å². The number of hydrogen-bond acceptors (Lipinski definition) is 6. The molecule has 1 saturated heterocycles. The van der Waals surface area contributed by atoms with Gasteiger partial charge in [-0.25, -0.2) is 14.2 Å². The van der Waals surface area contributed by atoms with Crippen LogP contribution >= 0.6 is 23.1 Å². The highest BCUT2D eigenvalue weighted by molar-refractivity contribution is 8.00.